The lowest BCUT2D eigenvalue weighted by Gasteiger charge is -2.31. The molecule has 128 valence electrons. The van der Waals surface area contributed by atoms with Crippen molar-refractivity contribution in [3.05, 3.63) is 0 Å². The van der Waals surface area contributed by atoms with E-state index in [2.05, 4.69) is 4.90 Å². The van der Waals surface area contributed by atoms with Crippen LogP contribution in [-0.2, 0) is 14.6 Å². The quantitative estimate of drug-likeness (QED) is 0.767. The van der Waals surface area contributed by atoms with Gasteiger partial charge in [0.1, 0.15) is 0 Å². The smallest absolute Gasteiger partial charge is 0.227 e. The van der Waals surface area contributed by atoms with Crippen LogP contribution in [0.2, 0.25) is 0 Å². The highest BCUT2D eigenvalue weighted by atomic mass is 32.2. The molecule has 1 amide bonds. The van der Waals surface area contributed by atoms with Gasteiger partial charge in [-0.1, -0.05) is 12.8 Å². The summed E-state index contributed by atoms with van der Waals surface area (Å²) < 4.78 is 23.2. The number of carbonyl (C=O) groups is 1. The Bertz CT molecular complexity index is 468. The van der Waals surface area contributed by atoms with Crippen LogP contribution in [0.3, 0.4) is 0 Å². The van der Waals surface area contributed by atoms with Gasteiger partial charge in [0, 0.05) is 19.1 Å². The molecule has 1 unspecified atom stereocenters. The van der Waals surface area contributed by atoms with Crippen molar-refractivity contribution in [2.75, 3.05) is 37.7 Å². The van der Waals surface area contributed by atoms with Gasteiger partial charge >= 0.3 is 0 Å². The van der Waals surface area contributed by atoms with Crippen molar-refractivity contribution >= 4 is 15.7 Å². The van der Waals surface area contributed by atoms with E-state index in [1.807, 2.05) is 18.7 Å². The van der Waals surface area contributed by atoms with E-state index in [0.29, 0.717) is 13.0 Å². The predicted molar refractivity (Wildman–Crippen MR) is 88.5 cm³/mol. The van der Waals surface area contributed by atoms with Gasteiger partial charge in [-0.3, -0.25) is 4.79 Å². The largest absolute Gasteiger partial charge is 0.339 e. The predicted octanol–water partition coefficient (Wildman–Crippen LogP) is 1.53. The molecule has 6 heteroatoms. The number of amides is 1. The zero-order valence-corrected chi connectivity index (χ0v) is 14.8. The lowest BCUT2D eigenvalue weighted by atomic mass is 10.1. The Morgan fingerprint density at radius 3 is 2.32 bits per heavy atom. The van der Waals surface area contributed by atoms with E-state index in [4.69, 9.17) is 0 Å². The van der Waals surface area contributed by atoms with Crippen molar-refractivity contribution in [1.82, 2.24) is 9.80 Å². The van der Waals surface area contributed by atoms with Crippen LogP contribution in [0.5, 0.6) is 0 Å². The second-order valence-corrected chi connectivity index (χ2v) is 9.21. The Morgan fingerprint density at radius 2 is 1.82 bits per heavy atom. The van der Waals surface area contributed by atoms with E-state index in [0.717, 1.165) is 19.6 Å². The summed E-state index contributed by atoms with van der Waals surface area (Å²) in [5.41, 5.74) is 0. The van der Waals surface area contributed by atoms with Crippen molar-refractivity contribution in [2.24, 2.45) is 5.92 Å². The molecule has 22 heavy (non-hydrogen) atoms. The molecule has 2 aliphatic heterocycles. The molecule has 2 fully saturated rings. The van der Waals surface area contributed by atoms with Crippen molar-refractivity contribution in [3.8, 4) is 0 Å². The SMILES string of the molecule is CC(C)N(CCN1CCCCCC1)C(=O)C1CCS(=O)(=O)C1. The highest BCUT2D eigenvalue weighted by Crippen LogP contribution is 2.22. The van der Waals surface area contributed by atoms with E-state index in [9.17, 15) is 13.2 Å². The van der Waals surface area contributed by atoms with Gasteiger partial charge < -0.3 is 9.80 Å². The molecule has 1 atom stereocenters. The molecule has 2 heterocycles. The number of sulfone groups is 1. The molecule has 0 aromatic heterocycles. The highest BCUT2D eigenvalue weighted by molar-refractivity contribution is 7.91. The van der Waals surface area contributed by atoms with Gasteiger partial charge in [0.05, 0.1) is 17.4 Å². The number of hydrogen-bond donors (Lipinski definition) is 0. The van der Waals surface area contributed by atoms with Gasteiger partial charge in [-0.15, -0.1) is 0 Å². The number of rotatable bonds is 5. The second kappa shape index (κ2) is 7.77. The maximum absolute atomic E-state index is 12.7. The van der Waals surface area contributed by atoms with E-state index < -0.39 is 9.84 Å². The Balaban J connectivity index is 1.90. The van der Waals surface area contributed by atoms with Gasteiger partial charge in [-0.25, -0.2) is 8.42 Å². The minimum absolute atomic E-state index is 0.0332. The molecule has 0 aromatic carbocycles. The number of nitrogens with zero attached hydrogens (tertiary/aromatic N) is 2. The van der Waals surface area contributed by atoms with Crippen LogP contribution in [0, 0.1) is 5.92 Å². The zero-order valence-electron chi connectivity index (χ0n) is 14.0. The standard InChI is InChI=1S/C16H30N2O3S/c1-14(2)18(11-10-17-8-5-3-4-6-9-17)16(19)15-7-12-22(20,21)13-15/h14-15H,3-13H2,1-2H3. The lowest BCUT2D eigenvalue weighted by Crippen LogP contribution is -2.45. The average molecular weight is 330 g/mol. The lowest BCUT2D eigenvalue weighted by molar-refractivity contribution is -0.136. The fraction of sp³-hybridized carbons (Fsp3) is 0.938. The fourth-order valence-electron chi connectivity index (χ4n) is 3.46. The van der Waals surface area contributed by atoms with Crippen LogP contribution in [0.15, 0.2) is 0 Å². The molecule has 0 N–H and O–H groups in total. The van der Waals surface area contributed by atoms with E-state index in [1.165, 1.54) is 25.7 Å². The first-order valence-corrected chi connectivity index (χ1v) is 10.4. The van der Waals surface area contributed by atoms with Gasteiger partial charge in [-0.05, 0) is 46.2 Å². The maximum Gasteiger partial charge on any atom is 0.227 e. The summed E-state index contributed by atoms with van der Waals surface area (Å²) in [6.07, 6.45) is 5.60. The molecule has 5 nitrogen and oxygen atoms in total. The Hall–Kier alpha value is -0.620. The molecule has 0 saturated carbocycles. The molecular formula is C16H30N2O3S. The molecule has 0 aromatic rings. The number of hydrogen-bond acceptors (Lipinski definition) is 4. The first-order chi connectivity index (χ1) is 10.4. The van der Waals surface area contributed by atoms with Crippen LogP contribution in [0.25, 0.3) is 0 Å². The third kappa shape index (κ3) is 4.95. The minimum Gasteiger partial charge on any atom is -0.339 e. The van der Waals surface area contributed by atoms with Crippen LogP contribution in [0.4, 0.5) is 0 Å². The molecule has 2 aliphatic rings. The summed E-state index contributed by atoms with van der Waals surface area (Å²) in [5.74, 6) is -0.0809. The molecule has 0 bridgehead atoms. The average Bonchev–Trinajstić information content (AvgIpc) is 2.65. The molecule has 0 radical (unpaired) electrons. The Kier molecular flexibility index (Phi) is 6.26. The van der Waals surface area contributed by atoms with Gasteiger partial charge in [0.15, 0.2) is 9.84 Å². The summed E-state index contributed by atoms with van der Waals surface area (Å²) in [7, 11) is -3.00. The Labute approximate surface area is 135 Å². The maximum atomic E-state index is 12.7. The van der Waals surface area contributed by atoms with Crippen LogP contribution < -0.4 is 0 Å². The van der Waals surface area contributed by atoms with Gasteiger partial charge in [0.25, 0.3) is 0 Å². The summed E-state index contributed by atoms with van der Waals surface area (Å²) in [5, 5.41) is 0. The fourth-order valence-corrected chi connectivity index (χ4v) is 5.19. The molecule has 0 spiro atoms. The monoisotopic (exact) mass is 330 g/mol. The highest BCUT2D eigenvalue weighted by Gasteiger charge is 2.36. The van der Waals surface area contributed by atoms with Crippen molar-refractivity contribution in [3.63, 3.8) is 0 Å². The molecule has 0 aliphatic carbocycles. The van der Waals surface area contributed by atoms with E-state index in [-0.39, 0.29) is 29.4 Å². The Morgan fingerprint density at radius 1 is 1.18 bits per heavy atom. The first-order valence-electron chi connectivity index (χ1n) is 8.62. The summed E-state index contributed by atoms with van der Waals surface area (Å²) in [6.45, 7) is 7.90. The number of likely N-dealkylation sites (tertiary alicyclic amines) is 1. The zero-order chi connectivity index (χ0) is 16.2. The summed E-state index contributed by atoms with van der Waals surface area (Å²) in [4.78, 5) is 17.0. The first kappa shape index (κ1) is 17.7. The third-order valence-corrected chi connectivity index (χ3v) is 6.61. The van der Waals surface area contributed by atoms with Crippen molar-refractivity contribution in [1.29, 1.82) is 0 Å². The van der Waals surface area contributed by atoms with E-state index in [1.54, 1.807) is 0 Å². The van der Waals surface area contributed by atoms with Crippen molar-refractivity contribution < 1.29 is 13.2 Å². The normalized spacial score (nSPS) is 26.0. The van der Waals surface area contributed by atoms with Crippen LogP contribution in [-0.4, -0.2) is 67.9 Å². The topological polar surface area (TPSA) is 57.7 Å². The number of carbonyl (C=O) groups excluding carboxylic acids is 1. The van der Waals surface area contributed by atoms with Gasteiger partial charge in [0.2, 0.25) is 5.91 Å². The van der Waals surface area contributed by atoms with Crippen LogP contribution >= 0.6 is 0 Å². The summed E-state index contributed by atoms with van der Waals surface area (Å²) in [6, 6.07) is 0.128. The summed E-state index contributed by atoms with van der Waals surface area (Å²) >= 11 is 0. The van der Waals surface area contributed by atoms with Gasteiger partial charge in [-0.2, -0.15) is 0 Å². The molecule has 2 rings (SSSR count). The molecule has 2 saturated heterocycles. The van der Waals surface area contributed by atoms with E-state index >= 15 is 0 Å². The second-order valence-electron chi connectivity index (χ2n) is 6.98. The minimum atomic E-state index is -3.00. The van der Waals surface area contributed by atoms with Crippen molar-refractivity contribution in [2.45, 2.75) is 52.0 Å². The molecular weight excluding hydrogens is 300 g/mol. The third-order valence-electron chi connectivity index (χ3n) is 4.84. The van der Waals surface area contributed by atoms with Crippen LogP contribution in [0.1, 0.15) is 46.0 Å².